The van der Waals surface area contributed by atoms with Crippen LogP contribution in [-0.2, 0) is 0 Å². The molecule has 0 spiro atoms. The molecule has 3 nitrogen and oxygen atoms in total. The Kier molecular flexibility index (Phi) is 5.45. The van der Waals surface area contributed by atoms with Crippen molar-refractivity contribution >= 4 is 74.9 Å². The standard InChI is InChI=1S/C42H25N3S/c1-3-14-27(15-4-1)34-25-36(44-42(43-34)28-16-5-2-6-17-28)45-39-29-18-8-7-13-26(29)23-24-33(39)37-30-19-9-10-20-31(30)38-32-21-11-12-22-35(32)46-41(38)40(37)45/h1-25H. The number of hydrogen-bond acceptors (Lipinski definition) is 3. The maximum absolute atomic E-state index is 5.38. The maximum Gasteiger partial charge on any atom is 0.162 e. The molecule has 10 aromatic rings. The van der Waals surface area contributed by atoms with Crippen LogP contribution in [0, 0.1) is 0 Å². The quantitative estimate of drug-likeness (QED) is 0.201. The van der Waals surface area contributed by atoms with Crippen LogP contribution in [0.15, 0.2) is 152 Å². The Balaban J connectivity index is 1.47. The lowest BCUT2D eigenvalue weighted by Gasteiger charge is -2.14. The van der Waals surface area contributed by atoms with Gasteiger partial charge in [-0.15, -0.1) is 11.3 Å². The van der Waals surface area contributed by atoms with Crippen LogP contribution < -0.4 is 0 Å². The van der Waals surface area contributed by atoms with Gasteiger partial charge in [-0.25, -0.2) is 9.97 Å². The number of hydrogen-bond donors (Lipinski definition) is 0. The van der Waals surface area contributed by atoms with Crippen molar-refractivity contribution in [2.24, 2.45) is 0 Å². The Morgan fingerprint density at radius 3 is 1.87 bits per heavy atom. The minimum absolute atomic E-state index is 0.709. The van der Waals surface area contributed by atoms with Gasteiger partial charge in [0.05, 0.1) is 21.4 Å². The van der Waals surface area contributed by atoms with Gasteiger partial charge in [0.2, 0.25) is 0 Å². The van der Waals surface area contributed by atoms with Crippen molar-refractivity contribution in [3.8, 4) is 28.5 Å². The summed E-state index contributed by atoms with van der Waals surface area (Å²) < 4.78 is 4.99. The minimum Gasteiger partial charge on any atom is -0.292 e. The van der Waals surface area contributed by atoms with Crippen LogP contribution in [-0.4, -0.2) is 14.5 Å². The second kappa shape index (κ2) is 9.83. The van der Waals surface area contributed by atoms with Crippen molar-refractivity contribution in [3.63, 3.8) is 0 Å². The fourth-order valence-corrected chi connectivity index (χ4v) is 8.45. The summed E-state index contributed by atoms with van der Waals surface area (Å²) in [6.45, 7) is 0. The molecule has 0 saturated heterocycles. The van der Waals surface area contributed by atoms with Crippen LogP contribution in [0.25, 0.3) is 92.0 Å². The molecule has 0 saturated carbocycles. The minimum atomic E-state index is 0.709. The Morgan fingerprint density at radius 2 is 1.09 bits per heavy atom. The van der Waals surface area contributed by atoms with Gasteiger partial charge in [-0.2, -0.15) is 0 Å². The van der Waals surface area contributed by atoms with E-state index in [1.807, 2.05) is 23.5 Å². The van der Waals surface area contributed by atoms with E-state index in [2.05, 4.69) is 144 Å². The Labute approximate surface area is 268 Å². The van der Waals surface area contributed by atoms with Crippen LogP contribution in [0.2, 0.25) is 0 Å². The average Bonchev–Trinajstić information content (AvgIpc) is 3.70. The first kappa shape index (κ1) is 25.5. The largest absolute Gasteiger partial charge is 0.292 e. The van der Waals surface area contributed by atoms with Gasteiger partial charge in [-0.3, -0.25) is 4.57 Å². The maximum atomic E-state index is 5.38. The zero-order chi connectivity index (χ0) is 30.2. The highest BCUT2D eigenvalue weighted by molar-refractivity contribution is 7.27. The van der Waals surface area contributed by atoms with E-state index in [4.69, 9.17) is 9.97 Å². The summed E-state index contributed by atoms with van der Waals surface area (Å²) in [4.78, 5) is 10.5. The molecule has 46 heavy (non-hydrogen) atoms. The van der Waals surface area contributed by atoms with Gasteiger partial charge in [0.25, 0.3) is 0 Å². The number of benzene rings is 7. The van der Waals surface area contributed by atoms with Crippen LogP contribution in [0.1, 0.15) is 0 Å². The third-order valence-corrected chi connectivity index (χ3v) is 10.4. The molecule has 0 aliphatic rings. The van der Waals surface area contributed by atoms with E-state index >= 15 is 0 Å². The Bertz CT molecular complexity index is 2740. The lowest BCUT2D eigenvalue weighted by atomic mass is 9.98. The van der Waals surface area contributed by atoms with Crippen molar-refractivity contribution in [3.05, 3.63) is 152 Å². The fourth-order valence-electron chi connectivity index (χ4n) is 7.19. The molecule has 0 N–H and O–H groups in total. The number of nitrogens with zero attached hydrogens (tertiary/aromatic N) is 3. The van der Waals surface area contributed by atoms with Gasteiger partial charge >= 0.3 is 0 Å². The molecule has 3 heterocycles. The molecular weight excluding hydrogens is 579 g/mol. The Morgan fingerprint density at radius 1 is 0.457 bits per heavy atom. The van der Waals surface area contributed by atoms with Crippen LogP contribution in [0.3, 0.4) is 0 Å². The normalized spacial score (nSPS) is 11.9. The van der Waals surface area contributed by atoms with E-state index in [1.54, 1.807) is 0 Å². The number of thiophene rings is 1. The molecule has 0 aliphatic carbocycles. The molecule has 0 amide bonds. The van der Waals surface area contributed by atoms with Crippen LogP contribution in [0.4, 0.5) is 0 Å². The number of aromatic nitrogens is 3. The molecule has 0 aliphatic heterocycles. The first-order valence-electron chi connectivity index (χ1n) is 15.5. The molecule has 0 radical (unpaired) electrons. The van der Waals surface area contributed by atoms with Crippen molar-refractivity contribution in [1.29, 1.82) is 0 Å². The van der Waals surface area contributed by atoms with Gasteiger partial charge in [-0.1, -0.05) is 140 Å². The third-order valence-electron chi connectivity index (χ3n) is 9.17. The van der Waals surface area contributed by atoms with E-state index in [1.165, 1.54) is 63.5 Å². The summed E-state index contributed by atoms with van der Waals surface area (Å²) in [5, 5.41) is 10.0. The molecule has 0 atom stereocenters. The topological polar surface area (TPSA) is 30.7 Å². The monoisotopic (exact) mass is 603 g/mol. The van der Waals surface area contributed by atoms with E-state index in [9.17, 15) is 0 Å². The lowest BCUT2D eigenvalue weighted by molar-refractivity contribution is 1.05. The highest BCUT2D eigenvalue weighted by Gasteiger charge is 2.24. The summed E-state index contributed by atoms with van der Waals surface area (Å²) in [7, 11) is 0. The molecule has 10 rings (SSSR count). The van der Waals surface area contributed by atoms with E-state index < -0.39 is 0 Å². The van der Waals surface area contributed by atoms with Gasteiger partial charge in [0, 0.05) is 48.8 Å². The SMILES string of the molecule is c1ccc(-c2cc(-n3c4c5ccccc5ccc4c4c5ccccc5c5c6ccccc6sc5c43)nc(-c3ccccc3)n2)cc1. The average molecular weight is 604 g/mol. The Hall–Kier alpha value is -5.84. The summed E-state index contributed by atoms with van der Waals surface area (Å²) in [6.07, 6.45) is 0. The summed E-state index contributed by atoms with van der Waals surface area (Å²) in [5.74, 6) is 1.57. The van der Waals surface area contributed by atoms with Crippen molar-refractivity contribution in [1.82, 2.24) is 14.5 Å². The predicted molar refractivity (Wildman–Crippen MR) is 195 cm³/mol. The summed E-state index contributed by atoms with van der Waals surface area (Å²) >= 11 is 1.87. The molecule has 0 fully saturated rings. The zero-order valence-corrected chi connectivity index (χ0v) is 25.5. The van der Waals surface area contributed by atoms with Crippen molar-refractivity contribution in [2.45, 2.75) is 0 Å². The molecule has 0 bridgehead atoms. The fraction of sp³-hybridized carbons (Fsp3) is 0. The number of fused-ring (bicyclic) bond motifs is 12. The predicted octanol–water partition coefficient (Wildman–Crippen LogP) is 11.6. The van der Waals surface area contributed by atoms with E-state index in [0.717, 1.165) is 22.6 Å². The highest BCUT2D eigenvalue weighted by Crippen LogP contribution is 2.48. The van der Waals surface area contributed by atoms with Gasteiger partial charge < -0.3 is 0 Å². The van der Waals surface area contributed by atoms with Gasteiger partial charge in [0.1, 0.15) is 5.82 Å². The van der Waals surface area contributed by atoms with E-state index in [0.29, 0.717) is 5.82 Å². The van der Waals surface area contributed by atoms with E-state index in [-0.39, 0.29) is 0 Å². The molecular formula is C42H25N3S. The first-order valence-corrected chi connectivity index (χ1v) is 16.3. The summed E-state index contributed by atoms with van der Waals surface area (Å²) in [5.41, 5.74) is 5.31. The first-order chi connectivity index (χ1) is 22.8. The lowest BCUT2D eigenvalue weighted by Crippen LogP contribution is -2.03. The number of rotatable bonds is 3. The molecule has 4 heteroatoms. The zero-order valence-electron chi connectivity index (χ0n) is 24.7. The summed E-state index contributed by atoms with van der Waals surface area (Å²) in [6, 6.07) is 53.9. The molecule has 3 aromatic heterocycles. The van der Waals surface area contributed by atoms with Crippen molar-refractivity contribution < 1.29 is 0 Å². The third kappa shape index (κ3) is 3.65. The highest BCUT2D eigenvalue weighted by atomic mass is 32.1. The second-order valence-electron chi connectivity index (χ2n) is 11.8. The molecule has 214 valence electrons. The van der Waals surface area contributed by atoms with Crippen LogP contribution >= 0.6 is 11.3 Å². The molecule has 7 aromatic carbocycles. The van der Waals surface area contributed by atoms with Crippen molar-refractivity contribution in [2.75, 3.05) is 0 Å². The van der Waals surface area contributed by atoms with Gasteiger partial charge in [0.15, 0.2) is 5.82 Å². The van der Waals surface area contributed by atoms with Gasteiger partial charge in [-0.05, 0) is 22.2 Å². The molecule has 0 unspecified atom stereocenters. The van der Waals surface area contributed by atoms with Crippen LogP contribution in [0.5, 0.6) is 0 Å². The second-order valence-corrected chi connectivity index (χ2v) is 12.8. The smallest absolute Gasteiger partial charge is 0.162 e.